The summed E-state index contributed by atoms with van der Waals surface area (Å²) in [5.41, 5.74) is 0. The second-order valence-electron chi connectivity index (χ2n) is 5.76. The lowest BCUT2D eigenvalue weighted by Gasteiger charge is -2.05. The number of hydrogen-bond acceptors (Lipinski definition) is 4. The molecular formula is C17H13Cl2NO3S. The maximum atomic E-state index is 12.7. The smallest absolute Gasteiger partial charge is 0.218 e. The van der Waals surface area contributed by atoms with E-state index >= 15 is 0 Å². The van der Waals surface area contributed by atoms with E-state index in [2.05, 4.69) is 6.92 Å². The fraction of sp³-hybridized carbons (Fsp3) is 0.235. The van der Waals surface area contributed by atoms with Crippen molar-refractivity contribution < 1.29 is 12.8 Å². The van der Waals surface area contributed by atoms with E-state index in [-0.39, 0.29) is 14.9 Å². The van der Waals surface area contributed by atoms with Crippen molar-refractivity contribution in [3.8, 4) is 6.07 Å². The molecule has 1 heterocycles. The zero-order chi connectivity index (χ0) is 17.5. The van der Waals surface area contributed by atoms with Gasteiger partial charge in [0.05, 0.1) is 9.92 Å². The summed E-state index contributed by atoms with van der Waals surface area (Å²) in [4.78, 5) is -0.650. The Hall–Kier alpha value is -1.74. The van der Waals surface area contributed by atoms with Crippen molar-refractivity contribution in [2.45, 2.75) is 24.2 Å². The van der Waals surface area contributed by atoms with Crippen molar-refractivity contribution in [2.75, 3.05) is 0 Å². The Morgan fingerprint density at radius 3 is 2.67 bits per heavy atom. The molecule has 7 heteroatoms. The van der Waals surface area contributed by atoms with Crippen LogP contribution in [0.2, 0.25) is 10.0 Å². The molecule has 124 valence electrons. The fourth-order valence-corrected chi connectivity index (χ4v) is 4.36. The third-order valence-corrected chi connectivity index (χ3v) is 6.36. The Labute approximate surface area is 150 Å². The molecule has 0 spiro atoms. The minimum atomic E-state index is -4.09. The van der Waals surface area contributed by atoms with Crippen LogP contribution in [0.1, 0.15) is 30.8 Å². The van der Waals surface area contributed by atoms with Gasteiger partial charge in [-0.3, -0.25) is 0 Å². The number of rotatable bonds is 4. The number of nitrogens with zero attached hydrogens (tertiary/aromatic N) is 1. The lowest BCUT2D eigenvalue weighted by atomic mass is 10.3. The second kappa shape index (κ2) is 6.29. The maximum Gasteiger partial charge on any atom is 0.218 e. The molecular weight excluding hydrogens is 369 g/mol. The quantitative estimate of drug-likeness (QED) is 0.694. The molecule has 0 amide bonds. The van der Waals surface area contributed by atoms with Crippen LogP contribution < -0.4 is 0 Å². The summed E-state index contributed by atoms with van der Waals surface area (Å²) in [6, 6.07) is 9.27. The van der Waals surface area contributed by atoms with Crippen LogP contribution in [0, 0.1) is 17.2 Å². The monoisotopic (exact) mass is 381 g/mol. The zero-order valence-corrected chi connectivity index (χ0v) is 15.0. The SMILES string of the molecule is C[C@H]1C[C@@H]1c1ccc(/C=C(\C#N)S(=O)(=O)c2cc(Cl)ccc2Cl)o1. The Kier molecular flexibility index (Phi) is 4.48. The zero-order valence-electron chi connectivity index (χ0n) is 12.7. The van der Waals surface area contributed by atoms with Crippen LogP contribution in [-0.2, 0) is 9.84 Å². The minimum absolute atomic E-state index is 0.00693. The highest BCUT2D eigenvalue weighted by Gasteiger charge is 2.36. The highest BCUT2D eigenvalue weighted by atomic mass is 35.5. The van der Waals surface area contributed by atoms with Gasteiger partial charge >= 0.3 is 0 Å². The van der Waals surface area contributed by atoms with Crippen LogP contribution in [0.5, 0.6) is 0 Å². The van der Waals surface area contributed by atoms with Crippen molar-refractivity contribution in [3.05, 3.63) is 56.8 Å². The molecule has 0 bridgehead atoms. The number of benzene rings is 1. The maximum absolute atomic E-state index is 12.7. The van der Waals surface area contributed by atoms with Crippen LogP contribution in [0.25, 0.3) is 6.08 Å². The molecule has 1 saturated carbocycles. The van der Waals surface area contributed by atoms with E-state index in [0.29, 0.717) is 17.6 Å². The first kappa shape index (κ1) is 17.1. The van der Waals surface area contributed by atoms with Crippen LogP contribution in [-0.4, -0.2) is 8.42 Å². The first-order valence-electron chi connectivity index (χ1n) is 7.24. The predicted octanol–water partition coefficient (Wildman–Crippen LogP) is 5.05. The van der Waals surface area contributed by atoms with Gasteiger partial charge in [-0.2, -0.15) is 5.26 Å². The van der Waals surface area contributed by atoms with E-state index in [1.807, 2.05) is 6.07 Å². The van der Waals surface area contributed by atoms with Gasteiger partial charge in [-0.05, 0) is 42.7 Å². The van der Waals surface area contributed by atoms with E-state index in [4.69, 9.17) is 27.6 Å². The second-order valence-corrected chi connectivity index (χ2v) is 8.49. The molecule has 1 aliphatic rings. The van der Waals surface area contributed by atoms with Crippen molar-refractivity contribution in [3.63, 3.8) is 0 Å². The Bertz CT molecular complexity index is 970. The Morgan fingerprint density at radius 2 is 2.04 bits per heavy atom. The van der Waals surface area contributed by atoms with Gasteiger partial charge in [0, 0.05) is 17.0 Å². The first-order valence-corrected chi connectivity index (χ1v) is 9.48. The summed E-state index contributed by atoms with van der Waals surface area (Å²) in [7, 11) is -4.09. The molecule has 1 aliphatic carbocycles. The summed E-state index contributed by atoms with van der Waals surface area (Å²) in [5.74, 6) is 2.07. The minimum Gasteiger partial charge on any atom is -0.461 e. The van der Waals surface area contributed by atoms with Gasteiger partial charge in [0.1, 0.15) is 17.6 Å². The highest BCUT2D eigenvalue weighted by Crippen LogP contribution is 2.47. The van der Waals surface area contributed by atoms with Crippen molar-refractivity contribution in [1.29, 1.82) is 5.26 Å². The van der Waals surface area contributed by atoms with E-state index in [0.717, 1.165) is 12.2 Å². The molecule has 24 heavy (non-hydrogen) atoms. The van der Waals surface area contributed by atoms with Crippen LogP contribution in [0.4, 0.5) is 0 Å². The molecule has 0 N–H and O–H groups in total. The standard InChI is InChI=1S/C17H13Cl2NO3S/c1-10-6-14(10)16-5-3-12(23-16)8-13(9-20)24(21,22)17-7-11(18)2-4-15(17)19/h2-5,7-8,10,14H,6H2,1H3/b13-8+/t10-,14-/m0/s1. The van der Waals surface area contributed by atoms with Gasteiger partial charge in [-0.25, -0.2) is 8.42 Å². The summed E-state index contributed by atoms with van der Waals surface area (Å²) in [6.45, 7) is 2.12. The van der Waals surface area contributed by atoms with Gasteiger partial charge in [-0.1, -0.05) is 30.1 Å². The van der Waals surface area contributed by atoms with Crippen molar-refractivity contribution >= 4 is 39.1 Å². The Morgan fingerprint density at radius 1 is 1.33 bits per heavy atom. The first-order chi connectivity index (χ1) is 11.3. The highest BCUT2D eigenvalue weighted by molar-refractivity contribution is 7.95. The molecule has 0 unspecified atom stereocenters. The average molecular weight is 382 g/mol. The van der Waals surface area contributed by atoms with Gasteiger partial charge in [0.15, 0.2) is 4.91 Å². The number of furan rings is 1. The van der Waals surface area contributed by atoms with Crippen LogP contribution in [0.15, 0.2) is 44.5 Å². The normalized spacial score (nSPS) is 20.7. The number of sulfone groups is 1. The van der Waals surface area contributed by atoms with Gasteiger partial charge in [0.2, 0.25) is 9.84 Å². The molecule has 0 aliphatic heterocycles. The average Bonchev–Trinajstić information content (AvgIpc) is 3.08. The van der Waals surface area contributed by atoms with E-state index in [1.54, 1.807) is 12.1 Å². The van der Waals surface area contributed by atoms with Crippen molar-refractivity contribution in [1.82, 2.24) is 0 Å². The van der Waals surface area contributed by atoms with Gasteiger partial charge < -0.3 is 4.42 Å². The third-order valence-electron chi connectivity index (χ3n) is 3.98. The van der Waals surface area contributed by atoms with Gasteiger partial charge in [0.25, 0.3) is 0 Å². The summed E-state index contributed by atoms with van der Waals surface area (Å²) < 4.78 is 31.0. The lowest BCUT2D eigenvalue weighted by Crippen LogP contribution is -2.04. The number of halogens is 2. The molecule has 4 nitrogen and oxygen atoms in total. The van der Waals surface area contributed by atoms with E-state index in [9.17, 15) is 13.7 Å². The lowest BCUT2D eigenvalue weighted by molar-refractivity contribution is 0.497. The molecule has 0 saturated heterocycles. The Balaban J connectivity index is 1.99. The van der Waals surface area contributed by atoms with Crippen LogP contribution >= 0.6 is 23.2 Å². The molecule has 1 aromatic heterocycles. The van der Waals surface area contributed by atoms with E-state index in [1.165, 1.54) is 24.3 Å². The molecule has 0 radical (unpaired) electrons. The molecule has 1 aromatic carbocycles. The fourth-order valence-electron chi connectivity index (χ4n) is 2.46. The summed E-state index contributed by atoms with van der Waals surface area (Å²) in [5, 5.41) is 9.53. The van der Waals surface area contributed by atoms with Crippen LogP contribution in [0.3, 0.4) is 0 Å². The number of nitriles is 1. The third kappa shape index (κ3) is 3.23. The largest absolute Gasteiger partial charge is 0.461 e. The number of hydrogen-bond donors (Lipinski definition) is 0. The number of allylic oxidation sites excluding steroid dienone is 1. The molecule has 2 atom stereocenters. The molecule has 2 aromatic rings. The molecule has 3 rings (SSSR count). The van der Waals surface area contributed by atoms with E-state index < -0.39 is 14.7 Å². The summed E-state index contributed by atoms with van der Waals surface area (Å²) >= 11 is 11.8. The van der Waals surface area contributed by atoms with Crippen molar-refractivity contribution in [2.24, 2.45) is 5.92 Å². The van der Waals surface area contributed by atoms with Gasteiger partial charge in [-0.15, -0.1) is 0 Å². The molecule has 1 fully saturated rings. The summed E-state index contributed by atoms with van der Waals surface area (Å²) in [6.07, 6.45) is 2.27. The predicted molar refractivity (Wildman–Crippen MR) is 92.5 cm³/mol. The topological polar surface area (TPSA) is 71.1 Å².